The second-order valence-corrected chi connectivity index (χ2v) is 5.55. The second kappa shape index (κ2) is 6.08. The summed E-state index contributed by atoms with van der Waals surface area (Å²) in [5.41, 5.74) is 3.90. The maximum atomic E-state index is 5.44. The maximum absolute atomic E-state index is 5.44. The highest BCUT2D eigenvalue weighted by molar-refractivity contribution is 5.59. The molecule has 3 nitrogen and oxygen atoms in total. The molecule has 3 rings (SSSR count). The lowest BCUT2D eigenvalue weighted by molar-refractivity contribution is 0.414. The van der Waals surface area contributed by atoms with E-state index in [1.165, 1.54) is 11.3 Å². The van der Waals surface area contributed by atoms with Crippen molar-refractivity contribution in [3.05, 3.63) is 54.1 Å². The van der Waals surface area contributed by atoms with Gasteiger partial charge in [-0.2, -0.15) is 0 Å². The van der Waals surface area contributed by atoms with Gasteiger partial charge in [0.15, 0.2) is 0 Å². The number of ether oxygens (including phenoxy) is 1. The molecule has 110 valence electrons. The molecule has 1 N–H and O–H groups in total. The number of nitrogens with one attached hydrogen (secondary N) is 1. The van der Waals surface area contributed by atoms with Gasteiger partial charge >= 0.3 is 0 Å². The highest BCUT2D eigenvalue weighted by atomic mass is 16.5. The van der Waals surface area contributed by atoms with Crippen LogP contribution in [0.1, 0.15) is 17.9 Å². The SMILES string of the molecule is COc1ccccc1N(C)CCC1CNc2ccccc21. The van der Waals surface area contributed by atoms with Crippen molar-refractivity contribution in [3.8, 4) is 5.75 Å². The Hall–Kier alpha value is -2.16. The number of anilines is 2. The zero-order chi connectivity index (χ0) is 14.7. The lowest BCUT2D eigenvalue weighted by atomic mass is 9.98. The van der Waals surface area contributed by atoms with Gasteiger partial charge < -0.3 is 15.0 Å². The van der Waals surface area contributed by atoms with Crippen molar-refractivity contribution in [2.24, 2.45) is 0 Å². The number of fused-ring (bicyclic) bond motifs is 1. The topological polar surface area (TPSA) is 24.5 Å². The van der Waals surface area contributed by atoms with Gasteiger partial charge in [-0.1, -0.05) is 30.3 Å². The van der Waals surface area contributed by atoms with Crippen molar-refractivity contribution in [3.63, 3.8) is 0 Å². The molecule has 0 spiro atoms. The fraction of sp³-hybridized carbons (Fsp3) is 0.333. The Kier molecular flexibility index (Phi) is 4.00. The fourth-order valence-corrected chi connectivity index (χ4v) is 3.03. The number of benzene rings is 2. The molecular formula is C18H22N2O. The Morgan fingerprint density at radius 1 is 1.14 bits per heavy atom. The molecule has 21 heavy (non-hydrogen) atoms. The van der Waals surface area contributed by atoms with Crippen LogP contribution in [0.3, 0.4) is 0 Å². The number of rotatable bonds is 5. The highest BCUT2D eigenvalue weighted by Gasteiger charge is 2.21. The summed E-state index contributed by atoms with van der Waals surface area (Å²) in [5.74, 6) is 1.53. The van der Waals surface area contributed by atoms with E-state index in [1.807, 2.05) is 12.1 Å². The van der Waals surface area contributed by atoms with E-state index < -0.39 is 0 Å². The van der Waals surface area contributed by atoms with Crippen LogP contribution in [0.2, 0.25) is 0 Å². The van der Waals surface area contributed by atoms with E-state index in [2.05, 4.69) is 53.7 Å². The van der Waals surface area contributed by atoms with E-state index in [-0.39, 0.29) is 0 Å². The summed E-state index contributed by atoms with van der Waals surface area (Å²) in [5, 5.41) is 3.49. The van der Waals surface area contributed by atoms with Gasteiger partial charge in [0.1, 0.15) is 5.75 Å². The predicted molar refractivity (Wildman–Crippen MR) is 88.6 cm³/mol. The molecule has 0 aliphatic carbocycles. The van der Waals surface area contributed by atoms with Gasteiger partial charge in [-0.15, -0.1) is 0 Å². The molecule has 1 aliphatic heterocycles. The quantitative estimate of drug-likeness (QED) is 0.904. The van der Waals surface area contributed by atoms with Crippen LogP contribution in [0.25, 0.3) is 0 Å². The summed E-state index contributed by atoms with van der Waals surface area (Å²) in [7, 11) is 3.86. The van der Waals surface area contributed by atoms with Gasteiger partial charge in [0.25, 0.3) is 0 Å². The number of para-hydroxylation sites is 3. The fourth-order valence-electron chi connectivity index (χ4n) is 3.03. The van der Waals surface area contributed by atoms with Crippen molar-refractivity contribution in [2.45, 2.75) is 12.3 Å². The summed E-state index contributed by atoms with van der Waals surface area (Å²) in [4.78, 5) is 2.28. The van der Waals surface area contributed by atoms with Gasteiger partial charge in [-0.25, -0.2) is 0 Å². The highest BCUT2D eigenvalue weighted by Crippen LogP contribution is 2.34. The average molecular weight is 282 g/mol. The normalized spacial score (nSPS) is 16.2. The number of methoxy groups -OCH3 is 1. The van der Waals surface area contributed by atoms with Crippen LogP contribution in [0.15, 0.2) is 48.5 Å². The molecule has 3 heteroatoms. The lowest BCUT2D eigenvalue weighted by Crippen LogP contribution is -2.21. The summed E-state index contributed by atoms with van der Waals surface area (Å²) < 4.78 is 5.44. The van der Waals surface area contributed by atoms with Crippen molar-refractivity contribution in [1.82, 2.24) is 0 Å². The lowest BCUT2D eigenvalue weighted by Gasteiger charge is -2.23. The molecule has 2 aromatic carbocycles. The first kappa shape index (κ1) is 13.8. The van der Waals surface area contributed by atoms with Gasteiger partial charge in [0.2, 0.25) is 0 Å². The molecule has 0 amide bonds. The summed E-state index contributed by atoms with van der Waals surface area (Å²) in [6.45, 7) is 2.06. The average Bonchev–Trinajstić information content (AvgIpc) is 2.96. The van der Waals surface area contributed by atoms with Crippen molar-refractivity contribution < 1.29 is 4.74 Å². The molecule has 0 aromatic heterocycles. The largest absolute Gasteiger partial charge is 0.495 e. The second-order valence-electron chi connectivity index (χ2n) is 5.55. The van der Waals surface area contributed by atoms with E-state index in [1.54, 1.807) is 7.11 Å². The zero-order valence-corrected chi connectivity index (χ0v) is 12.7. The molecule has 0 radical (unpaired) electrons. The number of nitrogens with zero attached hydrogens (tertiary/aromatic N) is 1. The zero-order valence-electron chi connectivity index (χ0n) is 12.7. The smallest absolute Gasteiger partial charge is 0.142 e. The molecule has 0 bridgehead atoms. The third kappa shape index (κ3) is 2.82. The maximum Gasteiger partial charge on any atom is 0.142 e. The summed E-state index contributed by atoms with van der Waals surface area (Å²) in [6.07, 6.45) is 1.14. The Labute approximate surface area is 126 Å². The molecular weight excluding hydrogens is 260 g/mol. The van der Waals surface area contributed by atoms with Crippen molar-refractivity contribution in [1.29, 1.82) is 0 Å². The van der Waals surface area contributed by atoms with Crippen LogP contribution in [0, 0.1) is 0 Å². The molecule has 1 atom stereocenters. The Morgan fingerprint density at radius 3 is 2.76 bits per heavy atom. The van der Waals surface area contributed by atoms with Crippen molar-refractivity contribution in [2.75, 3.05) is 37.5 Å². The number of hydrogen-bond acceptors (Lipinski definition) is 3. The Morgan fingerprint density at radius 2 is 1.90 bits per heavy atom. The van der Waals surface area contributed by atoms with Gasteiger partial charge in [-0.05, 0) is 30.2 Å². The van der Waals surface area contributed by atoms with Crippen LogP contribution in [-0.4, -0.2) is 27.2 Å². The van der Waals surface area contributed by atoms with Crippen LogP contribution >= 0.6 is 0 Å². The van der Waals surface area contributed by atoms with E-state index >= 15 is 0 Å². The molecule has 1 heterocycles. The minimum absolute atomic E-state index is 0.596. The molecule has 2 aromatic rings. The third-order valence-electron chi connectivity index (χ3n) is 4.25. The van der Waals surface area contributed by atoms with Gasteiger partial charge in [-0.3, -0.25) is 0 Å². The van der Waals surface area contributed by atoms with Crippen molar-refractivity contribution >= 4 is 11.4 Å². The van der Waals surface area contributed by atoms with E-state index in [9.17, 15) is 0 Å². The Bertz CT molecular complexity index is 612. The summed E-state index contributed by atoms with van der Waals surface area (Å²) in [6, 6.07) is 16.8. The molecule has 0 saturated heterocycles. The number of hydrogen-bond donors (Lipinski definition) is 1. The molecule has 0 saturated carbocycles. The van der Waals surface area contributed by atoms with Crippen LogP contribution < -0.4 is 15.0 Å². The monoisotopic (exact) mass is 282 g/mol. The molecule has 0 fully saturated rings. The first-order valence-electron chi connectivity index (χ1n) is 7.46. The third-order valence-corrected chi connectivity index (χ3v) is 4.25. The summed E-state index contributed by atoms with van der Waals surface area (Å²) >= 11 is 0. The van der Waals surface area contributed by atoms with Crippen LogP contribution in [-0.2, 0) is 0 Å². The minimum atomic E-state index is 0.596. The Balaban J connectivity index is 1.66. The van der Waals surface area contributed by atoms with Gasteiger partial charge in [0.05, 0.1) is 12.8 Å². The predicted octanol–water partition coefficient (Wildman–Crippen LogP) is 3.73. The minimum Gasteiger partial charge on any atom is -0.495 e. The van der Waals surface area contributed by atoms with Crippen LogP contribution in [0.5, 0.6) is 5.75 Å². The van der Waals surface area contributed by atoms with E-state index in [0.29, 0.717) is 5.92 Å². The first-order valence-corrected chi connectivity index (χ1v) is 7.46. The van der Waals surface area contributed by atoms with Crippen LogP contribution in [0.4, 0.5) is 11.4 Å². The van der Waals surface area contributed by atoms with E-state index in [0.717, 1.165) is 30.9 Å². The molecule has 1 aliphatic rings. The van der Waals surface area contributed by atoms with E-state index in [4.69, 9.17) is 4.74 Å². The van der Waals surface area contributed by atoms with Gasteiger partial charge in [0, 0.05) is 31.7 Å². The first-order chi connectivity index (χ1) is 10.3. The molecule has 1 unspecified atom stereocenters. The standard InChI is InChI=1S/C18H22N2O/c1-20(17-9-5-6-10-18(17)21-2)12-11-14-13-19-16-8-4-3-7-15(14)16/h3-10,14,19H,11-13H2,1-2H3.